The van der Waals surface area contributed by atoms with Crippen LogP contribution in [-0.2, 0) is 6.42 Å². The maximum atomic E-state index is 12.9. The average Bonchev–Trinajstić information content (AvgIpc) is 2.33. The molecule has 2 rings (SSSR count). The predicted octanol–water partition coefficient (Wildman–Crippen LogP) is 3.43. The molecule has 1 aromatic heterocycles. The smallest absolute Gasteiger partial charge is 0.124 e. The zero-order valence-corrected chi connectivity index (χ0v) is 10.8. The van der Waals surface area contributed by atoms with Crippen LogP contribution in [0.5, 0.6) is 0 Å². The Morgan fingerprint density at radius 3 is 2.83 bits per heavy atom. The molecule has 1 atom stereocenters. The molecule has 0 fully saturated rings. The van der Waals surface area contributed by atoms with Crippen molar-refractivity contribution in [2.75, 3.05) is 0 Å². The van der Waals surface area contributed by atoms with E-state index >= 15 is 0 Å². The summed E-state index contributed by atoms with van der Waals surface area (Å²) in [6.07, 6.45) is 2.29. The molecule has 0 saturated carbocycles. The van der Waals surface area contributed by atoms with Gasteiger partial charge in [-0.2, -0.15) is 0 Å². The lowest BCUT2D eigenvalue weighted by atomic mass is 9.99. The van der Waals surface area contributed by atoms with Crippen molar-refractivity contribution in [1.29, 1.82) is 0 Å². The van der Waals surface area contributed by atoms with Crippen LogP contribution in [0.25, 0.3) is 0 Å². The molecule has 2 nitrogen and oxygen atoms in total. The number of aryl methyl sites for hydroxylation is 1. The Morgan fingerprint density at radius 1 is 1.39 bits per heavy atom. The Hall–Kier alpha value is -1.45. The molecule has 2 aromatic rings. The van der Waals surface area contributed by atoms with Gasteiger partial charge < -0.3 is 5.73 Å². The Balaban J connectivity index is 2.21. The van der Waals surface area contributed by atoms with Crippen molar-refractivity contribution in [3.05, 3.63) is 64.2 Å². The summed E-state index contributed by atoms with van der Waals surface area (Å²) in [6, 6.07) is 7.98. The zero-order valence-electron chi connectivity index (χ0n) is 10.0. The molecule has 1 unspecified atom stereocenters. The minimum atomic E-state index is -0.338. The van der Waals surface area contributed by atoms with Crippen molar-refractivity contribution in [3.63, 3.8) is 0 Å². The fourth-order valence-electron chi connectivity index (χ4n) is 1.92. The highest BCUT2D eigenvalue weighted by Gasteiger charge is 2.12. The van der Waals surface area contributed by atoms with Crippen LogP contribution in [-0.4, -0.2) is 4.98 Å². The van der Waals surface area contributed by atoms with Gasteiger partial charge >= 0.3 is 0 Å². The van der Waals surface area contributed by atoms with Gasteiger partial charge in [-0.15, -0.1) is 0 Å². The fourth-order valence-corrected chi connectivity index (χ4v) is 2.17. The quantitative estimate of drug-likeness (QED) is 0.923. The van der Waals surface area contributed by atoms with E-state index < -0.39 is 0 Å². The minimum absolute atomic E-state index is 0.193. The highest BCUT2D eigenvalue weighted by Crippen LogP contribution is 2.23. The van der Waals surface area contributed by atoms with Crippen molar-refractivity contribution in [2.24, 2.45) is 5.73 Å². The van der Waals surface area contributed by atoms with Crippen LogP contribution in [0, 0.1) is 12.7 Å². The Morgan fingerprint density at radius 2 is 2.17 bits per heavy atom. The van der Waals surface area contributed by atoms with E-state index in [2.05, 4.69) is 4.98 Å². The summed E-state index contributed by atoms with van der Waals surface area (Å²) in [5.41, 5.74) is 8.87. The van der Waals surface area contributed by atoms with Crippen LogP contribution in [0.4, 0.5) is 4.39 Å². The molecule has 0 bridgehead atoms. The van der Waals surface area contributed by atoms with Crippen LogP contribution in [0.2, 0.25) is 5.02 Å². The number of rotatable bonds is 3. The van der Waals surface area contributed by atoms with Gasteiger partial charge in [0.2, 0.25) is 0 Å². The van der Waals surface area contributed by atoms with Gasteiger partial charge in [0, 0.05) is 23.0 Å². The van der Waals surface area contributed by atoms with Crippen molar-refractivity contribution in [3.8, 4) is 0 Å². The maximum Gasteiger partial charge on any atom is 0.124 e. The van der Waals surface area contributed by atoms with Gasteiger partial charge in [0.05, 0.1) is 0 Å². The second-order valence-electron chi connectivity index (χ2n) is 4.22. The van der Waals surface area contributed by atoms with E-state index in [1.54, 1.807) is 12.3 Å². The second-order valence-corrected chi connectivity index (χ2v) is 4.63. The Labute approximate surface area is 111 Å². The monoisotopic (exact) mass is 264 g/mol. The van der Waals surface area contributed by atoms with Crippen LogP contribution in [0.15, 0.2) is 36.5 Å². The van der Waals surface area contributed by atoms with E-state index in [-0.39, 0.29) is 11.9 Å². The molecule has 0 radical (unpaired) electrons. The average molecular weight is 265 g/mol. The summed E-state index contributed by atoms with van der Waals surface area (Å²) in [6.45, 7) is 1.92. The molecule has 1 aromatic carbocycles. The second kappa shape index (κ2) is 5.46. The fraction of sp³-hybridized carbons (Fsp3) is 0.214. The molecule has 0 aliphatic heterocycles. The number of pyridine rings is 1. The first kappa shape index (κ1) is 13.0. The number of aromatic nitrogens is 1. The molecule has 0 amide bonds. The summed E-state index contributed by atoms with van der Waals surface area (Å²) >= 11 is 5.99. The van der Waals surface area contributed by atoms with E-state index in [0.717, 1.165) is 16.8 Å². The van der Waals surface area contributed by atoms with Gasteiger partial charge in [-0.05, 0) is 42.7 Å². The SMILES string of the molecule is Cc1ncccc1C(N)Cc1ccc(F)cc1Cl. The van der Waals surface area contributed by atoms with Gasteiger partial charge in [-0.25, -0.2) is 4.39 Å². The lowest BCUT2D eigenvalue weighted by Crippen LogP contribution is -2.15. The topological polar surface area (TPSA) is 38.9 Å². The van der Waals surface area contributed by atoms with Crippen LogP contribution in [0.3, 0.4) is 0 Å². The van der Waals surface area contributed by atoms with Gasteiger partial charge in [0.25, 0.3) is 0 Å². The number of hydrogen-bond donors (Lipinski definition) is 1. The Kier molecular flexibility index (Phi) is 3.94. The first-order valence-electron chi connectivity index (χ1n) is 5.69. The van der Waals surface area contributed by atoms with Crippen molar-refractivity contribution in [1.82, 2.24) is 4.98 Å². The molecule has 94 valence electrons. The normalized spacial score (nSPS) is 12.4. The molecule has 0 saturated heterocycles. The molecule has 0 aliphatic rings. The largest absolute Gasteiger partial charge is 0.324 e. The van der Waals surface area contributed by atoms with Gasteiger partial charge in [-0.1, -0.05) is 23.7 Å². The third-order valence-electron chi connectivity index (χ3n) is 2.90. The maximum absolute atomic E-state index is 12.9. The molecular weight excluding hydrogens is 251 g/mol. The number of nitrogens with zero attached hydrogens (tertiary/aromatic N) is 1. The highest BCUT2D eigenvalue weighted by molar-refractivity contribution is 6.31. The van der Waals surface area contributed by atoms with Gasteiger partial charge in [0.15, 0.2) is 0 Å². The predicted molar refractivity (Wildman–Crippen MR) is 71.0 cm³/mol. The summed E-state index contributed by atoms with van der Waals surface area (Å²) in [7, 11) is 0. The van der Waals surface area contributed by atoms with E-state index in [0.29, 0.717) is 11.4 Å². The summed E-state index contributed by atoms with van der Waals surface area (Å²) in [5.74, 6) is -0.338. The van der Waals surface area contributed by atoms with Crippen LogP contribution < -0.4 is 5.73 Å². The number of hydrogen-bond acceptors (Lipinski definition) is 2. The first-order valence-corrected chi connectivity index (χ1v) is 6.06. The van der Waals surface area contributed by atoms with Crippen LogP contribution >= 0.6 is 11.6 Å². The molecule has 18 heavy (non-hydrogen) atoms. The zero-order chi connectivity index (χ0) is 13.1. The summed E-state index contributed by atoms with van der Waals surface area (Å²) in [4.78, 5) is 4.21. The lowest BCUT2D eigenvalue weighted by molar-refractivity contribution is 0.625. The first-order chi connectivity index (χ1) is 8.58. The number of benzene rings is 1. The third kappa shape index (κ3) is 2.86. The number of halogens is 2. The molecule has 0 aliphatic carbocycles. The highest BCUT2D eigenvalue weighted by atomic mass is 35.5. The summed E-state index contributed by atoms with van der Waals surface area (Å²) in [5, 5.41) is 0.409. The minimum Gasteiger partial charge on any atom is -0.324 e. The van der Waals surface area contributed by atoms with Gasteiger partial charge in [-0.3, -0.25) is 4.98 Å². The lowest BCUT2D eigenvalue weighted by Gasteiger charge is -2.14. The van der Waals surface area contributed by atoms with Crippen LogP contribution in [0.1, 0.15) is 22.9 Å². The van der Waals surface area contributed by atoms with Gasteiger partial charge in [0.1, 0.15) is 5.82 Å². The molecule has 2 N–H and O–H groups in total. The molecule has 1 heterocycles. The third-order valence-corrected chi connectivity index (χ3v) is 3.25. The summed E-state index contributed by atoms with van der Waals surface area (Å²) < 4.78 is 12.9. The molecule has 4 heteroatoms. The van der Waals surface area contributed by atoms with Crippen molar-refractivity contribution in [2.45, 2.75) is 19.4 Å². The molecule has 0 spiro atoms. The Bertz CT molecular complexity index is 557. The van der Waals surface area contributed by atoms with E-state index in [4.69, 9.17) is 17.3 Å². The van der Waals surface area contributed by atoms with E-state index in [1.807, 2.05) is 19.1 Å². The van der Waals surface area contributed by atoms with Crippen molar-refractivity contribution < 1.29 is 4.39 Å². The number of nitrogens with two attached hydrogens (primary N) is 1. The van der Waals surface area contributed by atoms with Crippen molar-refractivity contribution >= 4 is 11.6 Å². The molecular formula is C14H14ClFN2. The van der Waals surface area contributed by atoms with E-state index in [9.17, 15) is 4.39 Å². The van der Waals surface area contributed by atoms with E-state index in [1.165, 1.54) is 12.1 Å². The standard InChI is InChI=1S/C14H14ClFN2/c1-9-12(3-2-6-18-9)14(17)7-10-4-5-11(16)8-13(10)15/h2-6,8,14H,7,17H2,1H3.